The van der Waals surface area contributed by atoms with Crippen molar-refractivity contribution < 1.29 is 0 Å². The molecule has 120 valence electrons. The summed E-state index contributed by atoms with van der Waals surface area (Å²) >= 11 is 1.91. The minimum absolute atomic E-state index is 1.17. The Morgan fingerprint density at radius 1 is 0.826 bits per heavy atom. The van der Waals surface area contributed by atoms with Crippen molar-refractivity contribution in [2.24, 2.45) is 0 Å². The first-order valence-corrected chi connectivity index (χ1v) is 15.5. The highest BCUT2D eigenvalue weighted by atomic mass is 32.1. The van der Waals surface area contributed by atoms with Crippen LogP contribution in [0, 0.1) is 6.92 Å². The fourth-order valence-corrected chi connectivity index (χ4v) is 8.12. The maximum absolute atomic E-state index is 5.00. The zero-order valence-corrected chi connectivity index (χ0v) is 17.7. The Hall–Kier alpha value is -1.24. The van der Waals surface area contributed by atoms with Crippen molar-refractivity contribution in [2.45, 2.75) is 39.7 Å². The second-order valence-electron chi connectivity index (χ2n) is 7.94. The first-order chi connectivity index (χ1) is 10.7. The van der Waals surface area contributed by atoms with E-state index in [0.717, 1.165) is 0 Å². The lowest BCUT2D eigenvalue weighted by molar-refractivity contribution is 1.48. The SMILES string of the molecule is Cc1ccc([Si](C)(C)c2nc3ccc([Si](C)(C)C)cc3s2)cc1. The van der Waals surface area contributed by atoms with Crippen LogP contribution < -0.4 is 15.0 Å². The summed E-state index contributed by atoms with van der Waals surface area (Å²) < 4.78 is 2.69. The van der Waals surface area contributed by atoms with Gasteiger partial charge in [-0.2, -0.15) is 0 Å². The number of thiazole rings is 1. The molecule has 0 saturated carbocycles. The van der Waals surface area contributed by atoms with Crippen molar-refractivity contribution in [2.75, 3.05) is 0 Å². The van der Waals surface area contributed by atoms with Gasteiger partial charge in [0.2, 0.25) is 0 Å². The molecular formula is C19H25NSSi2. The fourth-order valence-electron chi connectivity index (χ4n) is 2.75. The normalized spacial score (nSPS) is 12.8. The van der Waals surface area contributed by atoms with Gasteiger partial charge in [-0.1, -0.05) is 79.0 Å². The van der Waals surface area contributed by atoms with E-state index in [1.54, 1.807) is 0 Å². The summed E-state index contributed by atoms with van der Waals surface area (Å²) in [5.41, 5.74) is 2.49. The van der Waals surface area contributed by atoms with Crippen molar-refractivity contribution in [1.29, 1.82) is 0 Å². The maximum Gasteiger partial charge on any atom is 0.148 e. The topological polar surface area (TPSA) is 12.9 Å². The molecule has 0 saturated heterocycles. The molecule has 4 heteroatoms. The van der Waals surface area contributed by atoms with Gasteiger partial charge in [-0.3, -0.25) is 0 Å². The predicted molar refractivity (Wildman–Crippen MR) is 111 cm³/mol. The number of rotatable bonds is 3. The largest absolute Gasteiger partial charge is 0.246 e. The monoisotopic (exact) mass is 355 g/mol. The Balaban J connectivity index is 2.07. The number of aromatic nitrogens is 1. The van der Waals surface area contributed by atoms with Crippen LogP contribution in [0.25, 0.3) is 10.2 Å². The van der Waals surface area contributed by atoms with E-state index in [2.05, 4.69) is 82.1 Å². The molecule has 1 aromatic heterocycles. The molecule has 2 aromatic carbocycles. The number of nitrogens with zero attached hydrogens (tertiary/aromatic N) is 1. The number of aryl methyl sites for hydroxylation is 1. The fraction of sp³-hybridized carbons (Fsp3) is 0.316. The van der Waals surface area contributed by atoms with E-state index >= 15 is 0 Å². The number of hydrogen-bond donors (Lipinski definition) is 0. The molecule has 3 aromatic rings. The molecule has 0 aliphatic carbocycles. The average molecular weight is 356 g/mol. The van der Waals surface area contributed by atoms with Gasteiger partial charge in [-0.25, -0.2) is 4.98 Å². The van der Waals surface area contributed by atoms with Gasteiger partial charge in [-0.05, 0) is 19.1 Å². The summed E-state index contributed by atoms with van der Waals surface area (Å²) in [7, 11) is -2.97. The van der Waals surface area contributed by atoms with E-state index in [1.165, 1.54) is 30.8 Å². The highest BCUT2D eigenvalue weighted by molar-refractivity contribution is 7.32. The average Bonchev–Trinajstić information content (AvgIpc) is 2.90. The molecule has 23 heavy (non-hydrogen) atoms. The van der Waals surface area contributed by atoms with Gasteiger partial charge in [0.25, 0.3) is 0 Å². The molecule has 0 fully saturated rings. The van der Waals surface area contributed by atoms with Gasteiger partial charge in [0.05, 0.1) is 22.9 Å². The van der Waals surface area contributed by atoms with Gasteiger partial charge in [0.1, 0.15) is 8.07 Å². The van der Waals surface area contributed by atoms with E-state index in [9.17, 15) is 0 Å². The van der Waals surface area contributed by atoms with Crippen LogP contribution >= 0.6 is 11.3 Å². The summed E-state index contributed by atoms with van der Waals surface area (Å²) in [4.78, 5) is 5.00. The van der Waals surface area contributed by atoms with Crippen LogP contribution in [0.1, 0.15) is 5.56 Å². The van der Waals surface area contributed by atoms with Crippen LogP contribution in [0.3, 0.4) is 0 Å². The molecule has 3 rings (SSSR count). The minimum Gasteiger partial charge on any atom is -0.246 e. The quantitative estimate of drug-likeness (QED) is 0.648. The van der Waals surface area contributed by atoms with Crippen LogP contribution in [0.4, 0.5) is 0 Å². The molecule has 0 bridgehead atoms. The number of benzene rings is 2. The highest BCUT2D eigenvalue weighted by Crippen LogP contribution is 2.19. The molecule has 0 amide bonds. The Bertz CT molecular complexity index is 842. The smallest absolute Gasteiger partial charge is 0.148 e. The van der Waals surface area contributed by atoms with Crippen LogP contribution in [0.15, 0.2) is 42.5 Å². The van der Waals surface area contributed by atoms with Gasteiger partial charge < -0.3 is 0 Å². The summed E-state index contributed by atoms with van der Waals surface area (Å²) in [5, 5.41) is 2.99. The lowest BCUT2D eigenvalue weighted by Gasteiger charge is -2.20. The second kappa shape index (κ2) is 5.69. The van der Waals surface area contributed by atoms with Gasteiger partial charge in [0, 0.05) is 0 Å². The Kier molecular flexibility index (Phi) is 4.11. The zero-order chi connectivity index (χ0) is 16.8. The number of hydrogen-bond acceptors (Lipinski definition) is 2. The predicted octanol–water partition coefficient (Wildman–Crippen LogP) is 3.97. The Morgan fingerprint density at radius 2 is 1.43 bits per heavy atom. The lowest BCUT2D eigenvalue weighted by atomic mass is 10.2. The van der Waals surface area contributed by atoms with Gasteiger partial charge in [0.15, 0.2) is 0 Å². The second-order valence-corrected chi connectivity index (χ2v) is 18.7. The summed E-state index contributed by atoms with van der Waals surface area (Å²) in [6.45, 7) is 14.2. The standard InChI is InChI=1S/C19H25NSSi2/c1-14-7-9-15(10-8-14)23(5,6)19-20-17-12-11-16(22(2,3)4)13-18(17)21-19/h7-13H,1-6H3. The summed E-state index contributed by atoms with van der Waals surface area (Å²) in [6.07, 6.45) is 0. The first-order valence-electron chi connectivity index (χ1n) is 8.16. The molecule has 0 N–H and O–H groups in total. The van der Waals surface area contributed by atoms with Crippen molar-refractivity contribution in [3.05, 3.63) is 48.0 Å². The van der Waals surface area contributed by atoms with Gasteiger partial charge in [-0.15, -0.1) is 11.3 Å². The third kappa shape index (κ3) is 3.20. The van der Waals surface area contributed by atoms with Crippen molar-refractivity contribution >= 4 is 52.7 Å². The van der Waals surface area contributed by atoms with Gasteiger partial charge >= 0.3 is 0 Å². The zero-order valence-electron chi connectivity index (χ0n) is 14.9. The van der Waals surface area contributed by atoms with Crippen molar-refractivity contribution in [3.63, 3.8) is 0 Å². The first kappa shape index (κ1) is 16.6. The molecule has 0 atom stereocenters. The third-order valence-electron chi connectivity index (χ3n) is 4.56. The Morgan fingerprint density at radius 3 is 2.04 bits per heavy atom. The molecular weight excluding hydrogens is 330 g/mol. The highest BCUT2D eigenvalue weighted by Gasteiger charge is 2.30. The minimum atomic E-state index is -1.71. The van der Waals surface area contributed by atoms with Crippen molar-refractivity contribution in [1.82, 2.24) is 4.98 Å². The molecule has 0 unspecified atom stereocenters. The van der Waals surface area contributed by atoms with E-state index in [0.29, 0.717) is 0 Å². The van der Waals surface area contributed by atoms with Crippen molar-refractivity contribution in [3.8, 4) is 0 Å². The van der Waals surface area contributed by atoms with E-state index in [4.69, 9.17) is 4.98 Å². The van der Waals surface area contributed by atoms with Crippen LogP contribution in [0.2, 0.25) is 32.7 Å². The molecule has 0 aliphatic rings. The van der Waals surface area contributed by atoms with Crippen LogP contribution in [0.5, 0.6) is 0 Å². The molecule has 0 aliphatic heterocycles. The lowest BCUT2D eigenvalue weighted by Crippen LogP contribution is -2.52. The third-order valence-corrected chi connectivity index (χ3v) is 12.2. The maximum atomic E-state index is 5.00. The molecule has 1 nitrogen and oxygen atoms in total. The summed E-state index contributed by atoms with van der Waals surface area (Å²) in [5.74, 6) is 0. The number of fused-ring (bicyclic) bond motifs is 1. The Labute approximate surface area is 145 Å². The van der Waals surface area contributed by atoms with Crippen LogP contribution in [-0.2, 0) is 0 Å². The molecule has 0 radical (unpaired) electrons. The molecule has 1 heterocycles. The van der Waals surface area contributed by atoms with E-state index < -0.39 is 16.1 Å². The molecule has 0 spiro atoms. The van der Waals surface area contributed by atoms with E-state index in [1.807, 2.05) is 11.3 Å². The summed E-state index contributed by atoms with van der Waals surface area (Å²) in [6, 6.07) is 15.9. The van der Waals surface area contributed by atoms with Crippen LogP contribution in [-0.4, -0.2) is 21.1 Å². The van der Waals surface area contributed by atoms with E-state index in [-0.39, 0.29) is 0 Å².